The molecular formula is C12H10BrNO2. The molecule has 16 heavy (non-hydrogen) atoms. The number of ether oxygens (including phenoxy) is 1. The monoisotopic (exact) mass is 279 g/mol. The van der Waals surface area contributed by atoms with E-state index in [-0.39, 0.29) is 5.97 Å². The number of hydrogen-bond acceptors (Lipinski definition) is 3. The Balaban J connectivity index is 2.62. The van der Waals surface area contributed by atoms with E-state index in [0.29, 0.717) is 12.3 Å². The number of halogens is 1. The highest BCUT2D eigenvalue weighted by molar-refractivity contribution is 9.10. The number of carbonyl (C=O) groups is 1. The molecule has 0 aliphatic carbocycles. The summed E-state index contributed by atoms with van der Waals surface area (Å²) in [6.07, 6.45) is 1.61. The second kappa shape index (κ2) is 4.61. The molecule has 0 saturated carbocycles. The first-order chi connectivity index (χ1) is 7.74. The van der Waals surface area contributed by atoms with Gasteiger partial charge in [-0.1, -0.05) is 28.1 Å². The maximum Gasteiger partial charge on any atom is 0.357 e. The number of benzene rings is 1. The fourth-order valence-electron chi connectivity index (χ4n) is 1.53. The molecule has 0 atom stereocenters. The summed E-state index contributed by atoms with van der Waals surface area (Å²) in [6, 6.07) is 7.52. The summed E-state index contributed by atoms with van der Waals surface area (Å²) in [6.45, 7) is 2.13. The summed E-state index contributed by atoms with van der Waals surface area (Å²) in [4.78, 5) is 15.7. The second-order valence-electron chi connectivity index (χ2n) is 3.21. The van der Waals surface area contributed by atoms with Gasteiger partial charge >= 0.3 is 5.97 Å². The molecule has 0 radical (unpaired) electrons. The fourth-order valence-corrected chi connectivity index (χ4v) is 2.03. The van der Waals surface area contributed by atoms with Crippen molar-refractivity contribution in [2.45, 2.75) is 6.92 Å². The lowest BCUT2D eigenvalue weighted by molar-refractivity contribution is 0.0522. The van der Waals surface area contributed by atoms with Crippen LogP contribution in [0.5, 0.6) is 0 Å². The zero-order valence-corrected chi connectivity index (χ0v) is 10.3. The third-order valence-electron chi connectivity index (χ3n) is 2.22. The van der Waals surface area contributed by atoms with E-state index < -0.39 is 0 Å². The van der Waals surface area contributed by atoms with Crippen LogP contribution in [-0.2, 0) is 4.74 Å². The van der Waals surface area contributed by atoms with Crippen molar-refractivity contribution >= 4 is 32.7 Å². The van der Waals surface area contributed by atoms with Gasteiger partial charge in [0.25, 0.3) is 0 Å². The smallest absolute Gasteiger partial charge is 0.357 e. The van der Waals surface area contributed by atoms with Crippen LogP contribution in [0.4, 0.5) is 0 Å². The van der Waals surface area contributed by atoms with Crippen molar-refractivity contribution in [2.75, 3.05) is 6.61 Å². The molecule has 0 amide bonds. The van der Waals surface area contributed by atoms with Gasteiger partial charge < -0.3 is 4.74 Å². The van der Waals surface area contributed by atoms with E-state index in [0.717, 1.165) is 15.2 Å². The largest absolute Gasteiger partial charge is 0.461 e. The second-order valence-corrected chi connectivity index (χ2v) is 4.07. The molecule has 0 unspecified atom stereocenters. The lowest BCUT2D eigenvalue weighted by Gasteiger charge is -2.05. The quantitative estimate of drug-likeness (QED) is 0.793. The Labute approximate surface area is 102 Å². The van der Waals surface area contributed by atoms with Crippen LogP contribution in [0.3, 0.4) is 0 Å². The average molecular weight is 280 g/mol. The van der Waals surface area contributed by atoms with E-state index in [1.807, 2.05) is 24.3 Å². The van der Waals surface area contributed by atoms with Crippen molar-refractivity contribution in [2.24, 2.45) is 0 Å². The van der Waals surface area contributed by atoms with Gasteiger partial charge in [0, 0.05) is 16.1 Å². The van der Waals surface area contributed by atoms with Crippen molar-refractivity contribution in [3.05, 3.63) is 40.6 Å². The molecule has 0 spiro atoms. The highest BCUT2D eigenvalue weighted by atomic mass is 79.9. The molecule has 4 heteroatoms. The van der Waals surface area contributed by atoms with Crippen LogP contribution >= 0.6 is 15.9 Å². The molecule has 3 nitrogen and oxygen atoms in total. The van der Waals surface area contributed by atoms with Gasteiger partial charge in [-0.3, -0.25) is 0 Å². The van der Waals surface area contributed by atoms with Gasteiger partial charge in [0.1, 0.15) is 0 Å². The Bertz CT molecular complexity index is 540. The van der Waals surface area contributed by atoms with Crippen molar-refractivity contribution in [3.63, 3.8) is 0 Å². The zero-order valence-electron chi connectivity index (χ0n) is 8.74. The topological polar surface area (TPSA) is 39.2 Å². The predicted molar refractivity (Wildman–Crippen MR) is 65.4 cm³/mol. The normalized spacial score (nSPS) is 10.4. The van der Waals surface area contributed by atoms with Crippen LogP contribution in [0.2, 0.25) is 0 Å². The molecule has 2 aromatic rings. The fraction of sp³-hybridized carbons (Fsp3) is 0.167. The lowest BCUT2D eigenvalue weighted by atomic mass is 10.1. The van der Waals surface area contributed by atoms with Crippen LogP contribution in [0.25, 0.3) is 10.8 Å². The Morgan fingerprint density at radius 1 is 1.38 bits per heavy atom. The molecule has 0 aliphatic heterocycles. The number of esters is 1. The molecule has 0 saturated heterocycles. The lowest BCUT2D eigenvalue weighted by Crippen LogP contribution is -2.07. The van der Waals surface area contributed by atoms with Crippen LogP contribution in [-0.4, -0.2) is 17.6 Å². The van der Waals surface area contributed by atoms with E-state index >= 15 is 0 Å². The number of fused-ring (bicyclic) bond motifs is 1. The molecule has 0 bridgehead atoms. The van der Waals surface area contributed by atoms with Crippen LogP contribution < -0.4 is 0 Å². The molecule has 0 aliphatic rings. The minimum absolute atomic E-state index is 0.352. The highest BCUT2D eigenvalue weighted by Gasteiger charge is 2.13. The minimum atomic E-state index is -0.383. The maximum absolute atomic E-state index is 11.7. The number of hydrogen-bond donors (Lipinski definition) is 0. The molecule has 1 aromatic heterocycles. The van der Waals surface area contributed by atoms with Crippen LogP contribution in [0.1, 0.15) is 17.4 Å². The first kappa shape index (κ1) is 11.1. The van der Waals surface area contributed by atoms with Gasteiger partial charge in [0.2, 0.25) is 0 Å². The average Bonchev–Trinajstić information content (AvgIpc) is 2.29. The summed E-state index contributed by atoms with van der Waals surface area (Å²) in [5.74, 6) is -0.383. The summed E-state index contributed by atoms with van der Waals surface area (Å²) >= 11 is 3.44. The number of carbonyl (C=O) groups excluding carboxylic acids is 1. The minimum Gasteiger partial charge on any atom is -0.461 e. The van der Waals surface area contributed by atoms with Gasteiger partial charge in [0.15, 0.2) is 5.69 Å². The van der Waals surface area contributed by atoms with Gasteiger partial charge in [-0.25, -0.2) is 9.78 Å². The summed E-state index contributed by atoms with van der Waals surface area (Å²) < 4.78 is 5.90. The molecule has 1 aromatic carbocycles. The zero-order chi connectivity index (χ0) is 11.5. The van der Waals surface area contributed by atoms with Crippen LogP contribution in [0.15, 0.2) is 34.9 Å². The Kier molecular flexibility index (Phi) is 3.19. The van der Waals surface area contributed by atoms with Crippen molar-refractivity contribution in [3.8, 4) is 0 Å². The number of rotatable bonds is 2. The third kappa shape index (κ3) is 1.93. The van der Waals surface area contributed by atoms with E-state index in [2.05, 4.69) is 20.9 Å². The maximum atomic E-state index is 11.7. The van der Waals surface area contributed by atoms with E-state index in [1.165, 1.54) is 0 Å². The SMILES string of the molecule is CCOC(=O)c1nccc2c(Br)cccc12. The van der Waals surface area contributed by atoms with Crippen LogP contribution in [0, 0.1) is 0 Å². The van der Waals surface area contributed by atoms with Gasteiger partial charge in [-0.2, -0.15) is 0 Å². The molecule has 2 rings (SSSR count). The standard InChI is InChI=1S/C12H10BrNO2/c1-2-16-12(15)11-9-4-3-5-10(13)8(9)6-7-14-11/h3-7H,2H2,1H3. The summed E-state index contributed by atoms with van der Waals surface area (Å²) in [5.41, 5.74) is 0.362. The Morgan fingerprint density at radius 2 is 2.19 bits per heavy atom. The van der Waals surface area contributed by atoms with Crippen molar-refractivity contribution in [1.82, 2.24) is 4.98 Å². The molecule has 1 heterocycles. The van der Waals surface area contributed by atoms with E-state index in [9.17, 15) is 4.79 Å². The Morgan fingerprint density at radius 3 is 2.94 bits per heavy atom. The van der Waals surface area contributed by atoms with Gasteiger partial charge in [0.05, 0.1) is 6.61 Å². The number of nitrogens with zero attached hydrogens (tertiary/aromatic N) is 1. The molecule has 0 fully saturated rings. The first-order valence-electron chi connectivity index (χ1n) is 4.94. The number of pyridine rings is 1. The Hall–Kier alpha value is -1.42. The van der Waals surface area contributed by atoms with Gasteiger partial charge in [-0.15, -0.1) is 0 Å². The number of aromatic nitrogens is 1. The van der Waals surface area contributed by atoms with E-state index in [1.54, 1.807) is 13.1 Å². The predicted octanol–water partition coefficient (Wildman–Crippen LogP) is 3.17. The van der Waals surface area contributed by atoms with Crippen molar-refractivity contribution in [1.29, 1.82) is 0 Å². The summed E-state index contributed by atoms with van der Waals surface area (Å²) in [7, 11) is 0. The highest BCUT2D eigenvalue weighted by Crippen LogP contribution is 2.25. The molecule has 0 N–H and O–H groups in total. The van der Waals surface area contributed by atoms with Crippen molar-refractivity contribution < 1.29 is 9.53 Å². The molecule has 82 valence electrons. The first-order valence-corrected chi connectivity index (χ1v) is 5.73. The van der Waals surface area contributed by atoms with Gasteiger partial charge in [-0.05, 0) is 24.4 Å². The molecular weight excluding hydrogens is 270 g/mol. The third-order valence-corrected chi connectivity index (χ3v) is 2.91. The van der Waals surface area contributed by atoms with E-state index in [4.69, 9.17) is 4.74 Å². The summed E-state index contributed by atoms with van der Waals surface area (Å²) in [5, 5.41) is 1.76.